The molecule has 2 aromatic rings. The molecule has 0 saturated carbocycles. The summed E-state index contributed by atoms with van der Waals surface area (Å²) in [6.07, 6.45) is 0. The van der Waals surface area contributed by atoms with E-state index in [4.69, 9.17) is 14.0 Å². The number of hydrogen-bond donors (Lipinski definition) is 0. The number of hydrogen-bond acceptors (Lipinski definition) is 8. The van der Waals surface area contributed by atoms with E-state index < -0.39 is 5.97 Å². The molecule has 1 aliphatic heterocycles. The average Bonchev–Trinajstić information content (AvgIpc) is 3.06. The van der Waals surface area contributed by atoms with Crippen LogP contribution in [0.3, 0.4) is 0 Å². The van der Waals surface area contributed by atoms with E-state index in [0.29, 0.717) is 5.56 Å². The Bertz CT molecular complexity index is 738. The number of anilines is 1. The summed E-state index contributed by atoms with van der Waals surface area (Å²) in [6.45, 7) is 6.15. The van der Waals surface area contributed by atoms with Crippen molar-refractivity contribution in [3.05, 3.63) is 35.2 Å². The molecule has 0 bridgehead atoms. The molecule has 3 heterocycles. The summed E-state index contributed by atoms with van der Waals surface area (Å²) < 4.78 is 15.1. The van der Waals surface area contributed by atoms with E-state index in [9.17, 15) is 4.79 Å². The van der Waals surface area contributed by atoms with Gasteiger partial charge in [-0.1, -0.05) is 5.16 Å². The van der Waals surface area contributed by atoms with Crippen LogP contribution in [0, 0.1) is 6.92 Å². The highest BCUT2D eigenvalue weighted by atomic mass is 16.5. The number of aryl methyl sites for hydroxylation is 1. The molecule has 25 heavy (non-hydrogen) atoms. The summed E-state index contributed by atoms with van der Waals surface area (Å²) in [5.74, 6) is 1.45. The van der Waals surface area contributed by atoms with E-state index in [1.54, 1.807) is 6.07 Å². The Kier molecular flexibility index (Phi) is 5.18. The normalized spacial score (nSPS) is 15.2. The number of aromatic nitrogens is 2. The molecule has 0 spiro atoms. The third-order valence-electron chi connectivity index (χ3n) is 4.20. The van der Waals surface area contributed by atoms with Crippen LogP contribution in [0.25, 0.3) is 0 Å². The van der Waals surface area contributed by atoms with Gasteiger partial charge in [0.25, 0.3) is 0 Å². The molecule has 0 radical (unpaired) electrons. The van der Waals surface area contributed by atoms with Gasteiger partial charge in [0.05, 0.1) is 19.9 Å². The number of methoxy groups -OCH3 is 2. The number of pyridine rings is 1. The van der Waals surface area contributed by atoms with Crippen LogP contribution in [0.1, 0.15) is 21.8 Å². The summed E-state index contributed by atoms with van der Waals surface area (Å²) in [6, 6.07) is 5.48. The van der Waals surface area contributed by atoms with Gasteiger partial charge in [-0.05, 0) is 19.1 Å². The fourth-order valence-electron chi connectivity index (χ4n) is 2.88. The predicted octanol–water partition coefficient (Wildman–Crippen LogP) is 1.50. The molecule has 8 nitrogen and oxygen atoms in total. The number of carbonyl (C=O) groups excluding carboxylic acids is 1. The molecule has 0 atom stereocenters. The van der Waals surface area contributed by atoms with Crippen molar-refractivity contribution in [1.29, 1.82) is 0 Å². The number of ether oxygens (including phenoxy) is 2. The molecule has 8 heteroatoms. The monoisotopic (exact) mass is 346 g/mol. The van der Waals surface area contributed by atoms with E-state index in [2.05, 4.69) is 19.9 Å². The Balaban J connectivity index is 1.63. The average molecular weight is 346 g/mol. The SMILES string of the molecule is COC(=O)c1ccc(N2CCN(Cc3cc(C)on3)CC2)nc1OC. The summed E-state index contributed by atoms with van der Waals surface area (Å²) in [7, 11) is 2.83. The molecule has 0 aliphatic carbocycles. The minimum atomic E-state index is -0.455. The van der Waals surface area contributed by atoms with Gasteiger partial charge in [-0.15, -0.1) is 0 Å². The highest BCUT2D eigenvalue weighted by Crippen LogP contribution is 2.23. The second kappa shape index (κ2) is 7.52. The second-order valence-electron chi connectivity index (χ2n) is 5.91. The van der Waals surface area contributed by atoms with Gasteiger partial charge in [-0.25, -0.2) is 4.79 Å². The fraction of sp³-hybridized carbons (Fsp3) is 0.471. The first-order valence-corrected chi connectivity index (χ1v) is 8.13. The molecule has 1 aliphatic rings. The van der Waals surface area contributed by atoms with Crippen molar-refractivity contribution in [2.24, 2.45) is 0 Å². The molecule has 0 N–H and O–H groups in total. The lowest BCUT2D eigenvalue weighted by Gasteiger charge is -2.35. The van der Waals surface area contributed by atoms with Gasteiger partial charge in [-0.3, -0.25) is 4.90 Å². The maximum Gasteiger partial charge on any atom is 0.343 e. The minimum Gasteiger partial charge on any atom is -0.480 e. The van der Waals surface area contributed by atoms with E-state index in [1.807, 2.05) is 19.1 Å². The highest BCUT2D eigenvalue weighted by molar-refractivity contribution is 5.92. The lowest BCUT2D eigenvalue weighted by Crippen LogP contribution is -2.46. The topological polar surface area (TPSA) is 80.9 Å². The molecule has 0 amide bonds. The van der Waals surface area contributed by atoms with Gasteiger partial charge in [0.1, 0.15) is 17.1 Å². The molecule has 1 saturated heterocycles. The van der Waals surface area contributed by atoms with Crippen LogP contribution in [0.2, 0.25) is 0 Å². The molecule has 2 aromatic heterocycles. The van der Waals surface area contributed by atoms with Crippen LogP contribution in [0.4, 0.5) is 5.82 Å². The van der Waals surface area contributed by atoms with Gasteiger partial charge >= 0.3 is 5.97 Å². The predicted molar refractivity (Wildman–Crippen MR) is 90.9 cm³/mol. The first-order valence-electron chi connectivity index (χ1n) is 8.13. The molecule has 0 aromatic carbocycles. The second-order valence-corrected chi connectivity index (χ2v) is 5.91. The number of piperazine rings is 1. The summed E-state index contributed by atoms with van der Waals surface area (Å²) in [5, 5.41) is 4.04. The first-order chi connectivity index (χ1) is 12.1. The highest BCUT2D eigenvalue weighted by Gasteiger charge is 2.21. The number of esters is 1. The zero-order valence-electron chi connectivity index (χ0n) is 14.7. The zero-order chi connectivity index (χ0) is 17.8. The van der Waals surface area contributed by atoms with E-state index in [1.165, 1.54) is 14.2 Å². The van der Waals surface area contributed by atoms with Gasteiger partial charge < -0.3 is 18.9 Å². The molecule has 134 valence electrons. The molecule has 0 unspecified atom stereocenters. The largest absolute Gasteiger partial charge is 0.480 e. The van der Waals surface area contributed by atoms with Crippen molar-refractivity contribution in [3.8, 4) is 5.88 Å². The quantitative estimate of drug-likeness (QED) is 0.754. The summed E-state index contributed by atoms with van der Waals surface area (Å²) in [5.41, 5.74) is 1.28. The lowest BCUT2D eigenvalue weighted by atomic mass is 10.2. The number of carbonyl (C=O) groups is 1. The lowest BCUT2D eigenvalue weighted by molar-refractivity contribution is 0.0596. The van der Waals surface area contributed by atoms with Gasteiger partial charge in [0, 0.05) is 38.8 Å². The Hall–Kier alpha value is -2.61. The van der Waals surface area contributed by atoms with Crippen LogP contribution in [0.15, 0.2) is 22.7 Å². The Morgan fingerprint density at radius 3 is 2.60 bits per heavy atom. The molecular formula is C17H22N4O4. The van der Waals surface area contributed by atoms with Crippen molar-refractivity contribution < 1.29 is 18.8 Å². The zero-order valence-corrected chi connectivity index (χ0v) is 14.7. The van der Waals surface area contributed by atoms with E-state index in [0.717, 1.165) is 50.0 Å². The van der Waals surface area contributed by atoms with Crippen molar-refractivity contribution in [2.45, 2.75) is 13.5 Å². The van der Waals surface area contributed by atoms with Crippen LogP contribution >= 0.6 is 0 Å². The van der Waals surface area contributed by atoms with E-state index in [-0.39, 0.29) is 5.88 Å². The maximum atomic E-state index is 11.7. The Morgan fingerprint density at radius 1 is 1.24 bits per heavy atom. The number of rotatable bonds is 5. The number of nitrogens with zero attached hydrogens (tertiary/aromatic N) is 4. The molecule has 3 rings (SSSR count). The summed E-state index contributed by atoms with van der Waals surface area (Å²) in [4.78, 5) is 20.7. The standard InChI is InChI=1S/C17H22N4O4/c1-12-10-13(19-25-12)11-20-6-8-21(9-7-20)15-5-4-14(17(22)24-3)16(18-15)23-2/h4-5,10H,6-9,11H2,1-3H3. The van der Waals surface area contributed by atoms with Crippen molar-refractivity contribution in [3.63, 3.8) is 0 Å². The minimum absolute atomic E-state index is 0.282. The smallest absolute Gasteiger partial charge is 0.343 e. The van der Waals surface area contributed by atoms with Crippen molar-refractivity contribution in [2.75, 3.05) is 45.3 Å². The van der Waals surface area contributed by atoms with Crippen molar-refractivity contribution in [1.82, 2.24) is 15.0 Å². The van der Waals surface area contributed by atoms with Crippen LogP contribution < -0.4 is 9.64 Å². The van der Waals surface area contributed by atoms with Crippen LogP contribution in [-0.4, -0.2) is 61.4 Å². The van der Waals surface area contributed by atoms with Gasteiger partial charge in [-0.2, -0.15) is 4.98 Å². The Labute approximate surface area is 146 Å². The third kappa shape index (κ3) is 3.90. The van der Waals surface area contributed by atoms with Crippen LogP contribution in [0.5, 0.6) is 5.88 Å². The third-order valence-corrected chi connectivity index (χ3v) is 4.20. The van der Waals surface area contributed by atoms with Gasteiger partial charge in [0.15, 0.2) is 0 Å². The van der Waals surface area contributed by atoms with E-state index >= 15 is 0 Å². The van der Waals surface area contributed by atoms with Crippen molar-refractivity contribution >= 4 is 11.8 Å². The first kappa shape index (κ1) is 17.2. The van der Waals surface area contributed by atoms with Crippen LogP contribution in [-0.2, 0) is 11.3 Å². The van der Waals surface area contributed by atoms with Gasteiger partial charge in [0.2, 0.25) is 5.88 Å². The molecular weight excluding hydrogens is 324 g/mol. The Morgan fingerprint density at radius 2 is 2.00 bits per heavy atom. The summed E-state index contributed by atoms with van der Waals surface area (Å²) >= 11 is 0. The fourth-order valence-corrected chi connectivity index (χ4v) is 2.88. The maximum absolute atomic E-state index is 11.7. The molecule has 1 fully saturated rings.